The molecule has 0 N–H and O–H groups in total. The van der Waals surface area contributed by atoms with Crippen molar-refractivity contribution < 1.29 is 13.3 Å². The first-order valence-electron chi connectivity index (χ1n) is 9.19. The van der Waals surface area contributed by atoms with Gasteiger partial charge in [0.2, 0.25) is 0 Å². The van der Waals surface area contributed by atoms with Crippen LogP contribution < -0.4 is 4.57 Å². The number of para-hydroxylation sites is 1. The van der Waals surface area contributed by atoms with Crippen LogP contribution in [0.1, 0.15) is 41.5 Å². The fourth-order valence-electron chi connectivity index (χ4n) is 4.63. The summed E-state index contributed by atoms with van der Waals surface area (Å²) in [5.41, 5.74) is 3.01. The summed E-state index contributed by atoms with van der Waals surface area (Å²) in [7, 11) is 0.422. The standard InChI is InChI=1S/C19H37NO3Si2/c1-16(2)25(17(3)4,18(5)6)20(19-13-11-10-12-14-19)15-24(21-7,22-8)23-9/h10-14,16-18H,15H2,1-9H3. The first-order valence-corrected chi connectivity index (χ1v) is 13.3. The minimum absolute atomic E-state index is 0.588. The van der Waals surface area contributed by atoms with Crippen molar-refractivity contribution in [2.45, 2.75) is 58.2 Å². The Hall–Kier alpha value is -0.666. The Morgan fingerprint density at radius 2 is 1.16 bits per heavy atom. The Balaban J connectivity index is 3.59. The molecule has 0 saturated carbocycles. The molecule has 4 nitrogen and oxygen atoms in total. The van der Waals surface area contributed by atoms with Crippen LogP contribution in [-0.2, 0) is 13.3 Å². The van der Waals surface area contributed by atoms with Gasteiger partial charge in [-0.1, -0.05) is 59.7 Å². The summed E-state index contributed by atoms with van der Waals surface area (Å²) in [6.07, 6.45) is 0.682. The fraction of sp³-hybridized carbons (Fsp3) is 0.684. The van der Waals surface area contributed by atoms with Gasteiger partial charge in [0, 0.05) is 27.0 Å². The molecule has 0 saturated heterocycles. The van der Waals surface area contributed by atoms with E-state index in [0.717, 1.165) is 0 Å². The lowest BCUT2D eigenvalue weighted by Gasteiger charge is -2.53. The third-order valence-corrected chi connectivity index (χ3v) is 15.4. The van der Waals surface area contributed by atoms with Gasteiger partial charge in [0.05, 0.1) is 6.17 Å². The number of hydrogen-bond acceptors (Lipinski definition) is 4. The van der Waals surface area contributed by atoms with Crippen molar-refractivity contribution in [3.8, 4) is 0 Å². The van der Waals surface area contributed by atoms with Gasteiger partial charge in [-0.25, -0.2) is 0 Å². The third kappa shape index (κ3) is 4.36. The first-order chi connectivity index (χ1) is 11.7. The predicted octanol–water partition coefficient (Wildman–Crippen LogP) is 5.09. The van der Waals surface area contributed by atoms with E-state index < -0.39 is 17.0 Å². The molecular formula is C19H37NO3Si2. The number of rotatable bonds is 10. The number of hydrogen-bond donors (Lipinski definition) is 0. The van der Waals surface area contributed by atoms with E-state index in [-0.39, 0.29) is 0 Å². The molecule has 6 heteroatoms. The lowest BCUT2D eigenvalue weighted by Crippen LogP contribution is -2.66. The van der Waals surface area contributed by atoms with Crippen LogP contribution in [0, 0.1) is 0 Å². The van der Waals surface area contributed by atoms with E-state index in [0.29, 0.717) is 22.8 Å². The summed E-state index contributed by atoms with van der Waals surface area (Å²) in [5.74, 6) is 0. The maximum Gasteiger partial charge on any atom is 0.519 e. The molecule has 1 aromatic carbocycles. The lowest BCUT2D eigenvalue weighted by atomic mass is 10.3. The topological polar surface area (TPSA) is 30.9 Å². The Morgan fingerprint density at radius 3 is 1.48 bits per heavy atom. The van der Waals surface area contributed by atoms with E-state index >= 15 is 0 Å². The summed E-state index contributed by atoms with van der Waals surface area (Å²) >= 11 is 0. The molecule has 25 heavy (non-hydrogen) atoms. The molecule has 1 aromatic rings. The molecule has 0 fully saturated rings. The summed E-state index contributed by atoms with van der Waals surface area (Å²) < 4.78 is 20.0. The van der Waals surface area contributed by atoms with E-state index in [2.05, 4.69) is 76.4 Å². The van der Waals surface area contributed by atoms with Crippen LogP contribution in [-0.4, -0.2) is 44.5 Å². The van der Waals surface area contributed by atoms with Crippen LogP contribution in [0.4, 0.5) is 5.69 Å². The second kappa shape index (κ2) is 9.32. The van der Waals surface area contributed by atoms with Gasteiger partial charge in [-0.05, 0) is 28.8 Å². The summed E-state index contributed by atoms with van der Waals surface area (Å²) in [6, 6.07) is 10.7. The van der Waals surface area contributed by atoms with Crippen molar-refractivity contribution >= 4 is 22.7 Å². The van der Waals surface area contributed by atoms with Gasteiger partial charge in [0.1, 0.15) is 0 Å². The molecule has 0 aromatic heterocycles. The SMILES string of the molecule is CO[Si](CN(c1ccccc1)[Si](C(C)C)(C(C)C)C(C)C)(OC)OC. The van der Waals surface area contributed by atoms with Gasteiger partial charge in [0.25, 0.3) is 0 Å². The highest BCUT2D eigenvalue weighted by atomic mass is 28.4. The molecule has 0 amide bonds. The van der Waals surface area contributed by atoms with Crippen LogP contribution in [0.2, 0.25) is 16.6 Å². The van der Waals surface area contributed by atoms with E-state index in [1.165, 1.54) is 5.69 Å². The van der Waals surface area contributed by atoms with Gasteiger partial charge in [-0.15, -0.1) is 0 Å². The van der Waals surface area contributed by atoms with Gasteiger partial charge in [-0.2, -0.15) is 0 Å². The zero-order chi connectivity index (χ0) is 19.3. The monoisotopic (exact) mass is 383 g/mol. The van der Waals surface area contributed by atoms with Crippen LogP contribution in [0.15, 0.2) is 30.3 Å². The van der Waals surface area contributed by atoms with Crippen molar-refractivity contribution in [1.82, 2.24) is 0 Å². The lowest BCUT2D eigenvalue weighted by molar-refractivity contribution is 0.125. The van der Waals surface area contributed by atoms with Crippen LogP contribution >= 0.6 is 0 Å². The molecule has 0 spiro atoms. The predicted molar refractivity (Wildman–Crippen MR) is 112 cm³/mol. The molecular weight excluding hydrogens is 346 g/mol. The number of benzene rings is 1. The van der Waals surface area contributed by atoms with Gasteiger partial charge in [0.15, 0.2) is 8.24 Å². The van der Waals surface area contributed by atoms with Crippen molar-refractivity contribution in [3.63, 3.8) is 0 Å². The number of nitrogens with zero attached hydrogens (tertiary/aromatic N) is 1. The molecule has 1 rings (SSSR count). The minimum Gasteiger partial charge on any atom is -0.392 e. The Bertz CT molecular complexity index is 475. The van der Waals surface area contributed by atoms with Crippen molar-refractivity contribution in [3.05, 3.63) is 30.3 Å². The highest BCUT2D eigenvalue weighted by Gasteiger charge is 2.53. The Labute approximate surface area is 156 Å². The van der Waals surface area contributed by atoms with Crippen molar-refractivity contribution in [2.75, 3.05) is 32.1 Å². The minimum atomic E-state index is -2.75. The Morgan fingerprint density at radius 1 is 0.760 bits per heavy atom. The second-order valence-corrected chi connectivity index (χ2v) is 16.3. The summed E-state index contributed by atoms with van der Waals surface area (Å²) in [4.78, 5) is 0. The first kappa shape index (κ1) is 22.4. The fourth-order valence-corrected chi connectivity index (χ4v) is 14.2. The maximum atomic E-state index is 5.80. The molecule has 0 unspecified atom stereocenters. The van der Waals surface area contributed by atoms with Crippen LogP contribution in [0.3, 0.4) is 0 Å². The molecule has 0 heterocycles. The van der Waals surface area contributed by atoms with E-state index in [4.69, 9.17) is 13.3 Å². The molecule has 0 aliphatic rings. The van der Waals surface area contributed by atoms with E-state index in [1.807, 2.05) is 0 Å². The third-order valence-electron chi connectivity index (χ3n) is 5.59. The molecule has 0 bridgehead atoms. The average molecular weight is 384 g/mol. The molecule has 0 aliphatic heterocycles. The van der Waals surface area contributed by atoms with Crippen LogP contribution in [0.25, 0.3) is 0 Å². The zero-order valence-corrected chi connectivity index (χ0v) is 19.5. The maximum absolute atomic E-state index is 5.80. The molecule has 0 atom stereocenters. The highest BCUT2D eigenvalue weighted by Crippen LogP contribution is 2.46. The van der Waals surface area contributed by atoms with E-state index in [9.17, 15) is 0 Å². The van der Waals surface area contributed by atoms with Crippen molar-refractivity contribution in [2.24, 2.45) is 0 Å². The summed E-state index contributed by atoms with van der Waals surface area (Å²) in [6.45, 7) is 14.2. The smallest absolute Gasteiger partial charge is 0.392 e. The van der Waals surface area contributed by atoms with Gasteiger partial charge < -0.3 is 17.8 Å². The quantitative estimate of drug-likeness (QED) is 0.527. The molecule has 0 aliphatic carbocycles. The number of anilines is 1. The van der Waals surface area contributed by atoms with Gasteiger partial charge >= 0.3 is 8.80 Å². The molecule has 144 valence electrons. The zero-order valence-electron chi connectivity index (χ0n) is 17.5. The Kier molecular flexibility index (Phi) is 8.34. The average Bonchev–Trinajstić information content (AvgIpc) is 2.58. The largest absolute Gasteiger partial charge is 0.519 e. The highest BCUT2D eigenvalue weighted by molar-refractivity contribution is 6.88. The second-order valence-electron chi connectivity index (χ2n) is 7.57. The normalized spacial score (nSPS) is 13.1. The van der Waals surface area contributed by atoms with Crippen LogP contribution in [0.5, 0.6) is 0 Å². The molecule has 0 radical (unpaired) electrons. The van der Waals surface area contributed by atoms with Crippen molar-refractivity contribution in [1.29, 1.82) is 0 Å². The van der Waals surface area contributed by atoms with Gasteiger partial charge in [-0.3, -0.25) is 0 Å². The summed E-state index contributed by atoms with van der Waals surface area (Å²) in [5, 5.41) is 0. The van der Waals surface area contributed by atoms with E-state index in [1.54, 1.807) is 21.3 Å².